The molecule has 128 valence electrons. The van der Waals surface area contributed by atoms with Crippen molar-refractivity contribution >= 4 is 11.7 Å². The molecular formula is C15H17F4NO3. The van der Waals surface area contributed by atoms with Gasteiger partial charge in [0.15, 0.2) is 0 Å². The van der Waals surface area contributed by atoms with E-state index in [9.17, 15) is 22.4 Å². The largest absolute Gasteiger partial charge is 0.461 e. The van der Waals surface area contributed by atoms with Crippen molar-refractivity contribution in [2.75, 3.05) is 11.9 Å². The molecule has 1 fully saturated rings. The molecule has 1 heterocycles. The molecule has 4 nitrogen and oxygen atoms in total. The van der Waals surface area contributed by atoms with Crippen molar-refractivity contribution in [1.82, 2.24) is 0 Å². The molecule has 1 aliphatic rings. The molecule has 0 aliphatic carbocycles. The van der Waals surface area contributed by atoms with Gasteiger partial charge in [0.2, 0.25) is 0 Å². The van der Waals surface area contributed by atoms with E-state index in [0.29, 0.717) is 17.7 Å². The summed E-state index contributed by atoms with van der Waals surface area (Å²) in [5, 5.41) is 2.99. The molecule has 1 N–H and O–H groups in total. The predicted molar refractivity (Wildman–Crippen MR) is 74.6 cm³/mol. The van der Waals surface area contributed by atoms with E-state index >= 15 is 0 Å². The Morgan fingerprint density at radius 3 is 2.78 bits per heavy atom. The van der Waals surface area contributed by atoms with Gasteiger partial charge < -0.3 is 14.8 Å². The van der Waals surface area contributed by atoms with Crippen LogP contribution in [0.25, 0.3) is 0 Å². The number of carbonyl (C=O) groups is 1. The number of rotatable bonds is 7. The number of anilines is 1. The second-order valence-electron chi connectivity index (χ2n) is 5.44. The van der Waals surface area contributed by atoms with E-state index in [1.165, 1.54) is 0 Å². The van der Waals surface area contributed by atoms with E-state index < -0.39 is 25.0 Å². The molecular weight excluding hydrogens is 318 g/mol. The van der Waals surface area contributed by atoms with E-state index in [1.54, 1.807) is 31.2 Å². The van der Waals surface area contributed by atoms with Crippen molar-refractivity contribution in [3.05, 3.63) is 29.8 Å². The molecule has 0 radical (unpaired) electrons. The predicted octanol–water partition coefficient (Wildman–Crippen LogP) is 3.22. The molecule has 0 aromatic heterocycles. The summed E-state index contributed by atoms with van der Waals surface area (Å²) in [4.78, 5) is 11.6. The van der Waals surface area contributed by atoms with Gasteiger partial charge in [-0.2, -0.15) is 8.78 Å². The third-order valence-electron chi connectivity index (χ3n) is 3.32. The summed E-state index contributed by atoms with van der Waals surface area (Å²) in [7, 11) is 0. The van der Waals surface area contributed by atoms with Crippen molar-refractivity contribution in [3.8, 4) is 0 Å². The summed E-state index contributed by atoms with van der Waals surface area (Å²) in [5.41, 5.74) is 1.13. The summed E-state index contributed by atoms with van der Waals surface area (Å²) in [6.07, 6.45) is -3.39. The number of carbonyl (C=O) groups excluding carboxylic acids is 1. The summed E-state index contributed by atoms with van der Waals surface area (Å²) in [6.45, 7) is 0.200. The maximum atomic E-state index is 12.7. The number of halogens is 4. The van der Waals surface area contributed by atoms with Gasteiger partial charge in [0.1, 0.15) is 18.8 Å². The van der Waals surface area contributed by atoms with Crippen LogP contribution in [0.2, 0.25) is 0 Å². The first-order chi connectivity index (χ1) is 10.8. The van der Waals surface area contributed by atoms with Crippen molar-refractivity contribution < 1.29 is 31.8 Å². The van der Waals surface area contributed by atoms with E-state index in [4.69, 9.17) is 4.74 Å². The van der Waals surface area contributed by atoms with E-state index in [-0.39, 0.29) is 18.7 Å². The molecule has 23 heavy (non-hydrogen) atoms. The maximum Gasteiger partial charge on any atom is 0.330 e. The maximum absolute atomic E-state index is 12.7. The molecule has 0 saturated carbocycles. The Morgan fingerprint density at radius 1 is 1.43 bits per heavy atom. The fourth-order valence-corrected chi connectivity index (χ4v) is 2.19. The molecule has 0 unspecified atom stereocenters. The number of benzene rings is 1. The van der Waals surface area contributed by atoms with Crippen LogP contribution in [0.4, 0.5) is 23.2 Å². The average molecular weight is 335 g/mol. The molecule has 2 rings (SSSR count). The van der Waals surface area contributed by atoms with Gasteiger partial charge in [-0.1, -0.05) is 12.1 Å². The van der Waals surface area contributed by atoms with E-state index in [1.807, 2.05) is 0 Å². The third kappa shape index (κ3) is 4.82. The van der Waals surface area contributed by atoms with Crippen LogP contribution in [-0.4, -0.2) is 37.1 Å². The minimum atomic E-state index is -4.17. The molecule has 0 amide bonds. The molecule has 8 heteroatoms. The van der Waals surface area contributed by atoms with Crippen LogP contribution in [0.3, 0.4) is 0 Å². The highest BCUT2D eigenvalue weighted by molar-refractivity contribution is 5.81. The highest BCUT2D eigenvalue weighted by Crippen LogP contribution is 2.24. The highest BCUT2D eigenvalue weighted by Gasteiger charge is 2.40. The van der Waals surface area contributed by atoms with E-state index in [0.717, 1.165) is 0 Å². The standard InChI is InChI=1S/C15H17F4NO3/c1-9-5-12(13(21)23-9)20-11-4-2-3-10(6-11)7-22-8-15(18,19)14(16)17/h2-4,6,9,12,14,20H,5,7-8H2,1H3/t9-,12+/m0/s1. The minimum absolute atomic E-state index is 0.164. The van der Waals surface area contributed by atoms with Gasteiger partial charge in [-0.05, 0) is 24.6 Å². The SMILES string of the molecule is C[C@H]1C[C@@H](Nc2cccc(COCC(F)(F)C(F)F)c2)C(=O)O1. The number of cyclic esters (lactones) is 1. The first kappa shape index (κ1) is 17.5. The Bertz CT molecular complexity index is 553. The topological polar surface area (TPSA) is 47.6 Å². The number of nitrogens with one attached hydrogen (secondary N) is 1. The van der Waals surface area contributed by atoms with Crippen LogP contribution in [0.15, 0.2) is 24.3 Å². The van der Waals surface area contributed by atoms with Gasteiger partial charge in [0, 0.05) is 12.1 Å². The van der Waals surface area contributed by atoms with Gasteiger partial charge in [0.25, 0.3) is 0 Å². The van der Waals surface area contributed by atoms with Crippen LogP contribution in [0, 0.1) is 0 Å². The molecule has 0 spiro atoms. The molecule has 1 aromatic carbocycles. The van der Waals surface area contributed by atoms with E-state index in [2.05, 4.69) is 10.1 Å². The quantitative estimate of drug-likeness (QED) is 0.614. The van der Waals surface area contributed by atoms with Crippen molar-refractivity contribution in [2.45, 2.75) is 44.4 Å². The fourth-order valence-electron chi connectivity index (χ4n) is 2.19. The lowest BCUT2D eigenvalue weighted by atomic mass is 10.1. The Morgan fingerprint density at radius 2 is 2.17 bits per heavy atom. The Balaban J connectivity index is 1.89. The smallest absolute Gasteiger partial charge is 0.330 e. The first-order valence-corrected chi connectivity index (χ1v) is 7.07. The fraction of sp³-hybridized carbons (Fsp3) is 0.533. The number of ether oxygens (including phenoxy) is 2. The van der Waals surface area contributed by atoms with Gasteiger partial charge in [-0.15, -0.1) is 0 Å². The number of alkyl halides is 4. The lowest BCUT2D eigenvalue weighted by Crippen LogP contribution is -2.32. The normalized spacial score (nSPS) is 21.6. The zero-order chi connectivity index (χ0) is 17.0. The van der Waals surface area contributed by atoms with Gasteiger partial charge in [0.05, 0.1) is 6.61 Å². The second-order valence-corrected chi connectivity index (χ2v) is 5.44. The molecule has 1 saturated heterocycles. The summed E-state index contributed by atoms with van der Waals surface area (Å²) in [5.74, 6) is -4.52. The molecule has 2 atom stereocenters. The Kier molecular flexibility index (Phi) is 5.46. The zero-order valence-electron chi connectivity index (χ0n) is 12.4. The molecule has 1 aliphatic heterocycles. The Hall–Kier alpha value is -1.83. The zero-order valence-corrected chi connectivity index (χ0v) is 12.4. The number of esters is 1. The van der Waals surface area contributed by atoms with Gasteiger partial charge >= 0.3 is 18.3 Å². The van der Waals surface area contributed by atoms with Crippen molar-refractivity contribution in [3.63, 3.8) is 0 Å². The van der Waals surface area contributed by atoms with Gasteiger partial charge in [-0.3, -0.25) is 0 Å². The summed E-state index contributed by atoms with van der Waals surface area (Å²) >= 11 is 0. The summed E-state index contributed by atoms with van der Waals surface area (Å²) in [6, 6.07) is 6.10. The second kappa shape index (κ2) is 7.16. The van der Waals surface area contributed by atoms with Crippen molar-refractivity contribution in [1.29, 1.82) is 0 Å². The Labute approximate surface area is 130 Å². The lowest BCUT2D eigenvalue weighted by Gasteiger charge is -2.16. The van der Waals surface area contributed by atoms with Crippen LogP contribution in [-0.2, 0) is 20.9 Å². The monoisotopic (exact) mass is 335 g/mol. The van der Waals surface area contributed by atoms with Crippen LogP contribution in [0.1, 0.15) is 18.9 Å². The molecule has 1 aromatic rings. The van der Waals surface area contributed by atoms with Crippen molar-refractivity contribution in [2.24, 2.45) is 0 Å². The van der Waals surface area contributed by atoms with Crippen LogP contribution in [0.5, 0.6) is 0 Å². The average Bonchev–Trinajstić information content (AvgIpc) is 2.77. The van der Waals surface area contributed by atoms with Crippen LogP contribution < -0.4 is 5.32 Å². The number of hydrogen-bond acceptors (Lipinski definition) is 4. The number of hydrogen-bond donors (Lipinski definition) is 1. The first-order valence-electron chi connectivity index (χ1n) is 7.07. The van der Waals surface area contributed by atoms with Crippen LogP contribution >= 0.6 is 0 Å². The highest BCUT2D eigenvalue weighted by atomic mass is 19.3. The lowest BCUT2D eigenvalue weighted by molar-refractivity contribution is -0.168. The van der Waals surface area contributed by atoms with Gasteiger partial charge in [-0.25, -0.2) is 13.6 Å². The molecule has 0 bridgehead atoms. The minimum Gasteiger partial charge on any atom is -0.461 e. The summed E-state index contributed by atoms with van der Waals surface area (Å²) < 4.78 is 59.2. The third-order valence-corrected chi connectivity index (χ3v) is 3.32.